The van der Waals surface area contributed by atoms with Gasteiger partial charge in [0.25, 0.3) is 0 Å². The number of halogens is 2. The lowest BCUT2D eigenvalue weighted by Gasteiger charge is -2.31. The lowest BCUT2D eigenvalue weighted by atomic mass is 9.91. The summed E-state index contributed by atoms with van der Waals surface area (Å²) in [6.45, 7) is 4.53. The Bertz CT molecular complexity index is 1220. The minimum atomic E-state index is -1.68. The van der Waals surface area contributed by atoms with Crippen LogP contribution in [0.25, 0.3) is 10.2 Å². The Morgan fingerprint density at radius 1 is 1.34 bits per heavy atom. The Hall–Kier alpha value is -3.15. The average Bonchev–Trinajstić information content (AvgIpc) is 3.29. The Kier molecular flexibility index (Phi) is 7.58. The van der Waals surface area contributed by atoms with Gasteiger partial charge < -0.3 is 24.6 Å². The number of thiazole rings is 1. The predicted octanol–water partition coefficient (Wildman–Crippen LogP) is 3.32. The van der Waals surface area contributed by atoms with Crippen molar-refractivity contribution in [2.45, 2.75) is 25.0 Å². The van der Waals surface area contributed by atoms with E-state index in [1.165, 1.54) is 20.3 Å². The molecular formula is C24H25F2N3O5S. The predicted molar refractivity (Wildman–Crippen MR) is 126 cm³/mol. The average molecular weight is 506 g/mol. The number of rotatable bonds is 8. The van der Waals surface area contributed by atoms with E-state index >= 15 is 0 Å². The minimum Gasteiger partial charge on any atom is -0.494 e. The summed E-state index contributed by atoms with van der Waals surface area (Å²) in [5.74, 6) is -2.78. The number of ether oxygens (including phenoxy) is 3. The molecule has 1 amide bonds. The van der Waals surface area contributed by atoms with E-state index in [1.54, 1.807) is 6.20 Å². The van der Waals surface area contributed by atoms with Gasteiger partial charge in [0.05, 0.1) is 42.8 Å². The Balaban J connectivity index is 1.61. The number of carbonyl (C=O) groups is 1. The van der Waals surface area contributed by atoms with Crippen molar-refractivity contribution in [2.75, 3.05) is 27.4 Å². The molecule has 35 heavy (non-hydrogen) atoms. The number of fused-ring (bicyclic) bond motifs is 1. The van der Waals surface area contributed by atoms with Crippen molar-refractivity contribution in [3.63, 3.8) is 0 Å². The van der Waals surface area contributed by atoms with Crippen molar-refractivity contribution >= 4 is 27.5 Å². The zero-order valence-electron chi connectivity index (χ0n) is 19.2. The van der Waals surface area contributed by atoms with Crippen molar-refractivity contribution in [3.05, 3.63) is 58.9 Å². The van der Waals surface area contributed by atoms with E-state index in [1.807, 2.05) is 6.07 Å². The van der Waals surface area contributed by atoms with Crippen LogP contribution in [0.2, 0.25) is 0 Å². The molecule has 0 saturated carbocycles. The van der Waals surface area contributed by atoms with Gasteiger partial charge in [0.1, 0.15) is 11.1 Å². The van der Waals surface area contributed by atoms with Gasteiger partial charge in [0, 0.05) is 30.3 Å². The van der Waals surface area contributed by atoms with E-state index in [4.69, 9.17) is 14.2 Å². The summed E-state index contributed by atoms with van der Waals surface area (Å²) in [4.78, 5) is 20.6. The van der Waals surface area contributed by atoms with Crippen LogP contribution in [0.15, 0.2) is 31.0 Å². The second-order valence-electron chi connectivity index (χ2n) is 8.07. The first kappa shape index (κ1) is 25.0. The van der Waals surface area contributed by atoms with Crippen LogP contribution >= 0.6 is 11.3 Å². The molecule has 1 saturated heterocycles. The van der Waals surface area contributed by atoms with Crippen LogP contribution in [0.4, 0.5) is 8.78 Å². The van der Waals surface area contributed by atoms with Crippen LogP contribution in [-0.2, 0) is 16.0 Å². The molecule has 11 heteroatoms. The van der Waals surface area contributed by atoms with E-state index < -0.39 is 23.3 Å². The van der Waals surface area contributed by atoms with E-state index in [9.17, 15) is 18.7 Å². The molecule has 1 aliphatic heterocycles. The van der Waals surface area contributed by atoms with Crippen molar-refractivity contribution in [2.24, 2.45) is 5.92 Å². The summed E-state index contributed by atoms with van der Waals surface area (Å²) in [7, 11) is 2.48. The van der Waals surface area contributed by atoms with Crippen molar-refractivity contribution in [1.82, 2.24) is 15.3 Å². The van der Waals surface area contributed by atoms with Crippen molar-refractivity contribution < 1.29 is 32.9 Å². The van der Waals surface area contributed by atoms with Crippen LogP contribution < -0.4 is 14.8 Å². The van der Waals surface area contributed by atoms with E-state index in [-0.39, 0.29) is 34.4 Å². The monoisotopic (exact) mass is 505 g/mol. The molecule has 0 spiro atoms. The molecular weight excluding hydrogens is 480 g/mol. The smallest absolute Gasteiger partial charge is 0.243 e. The van der Waals surface area contributed by atoms with Gasteiger partial charge in [0.2, 0.25) is 5.91 Å². The number of hydrogen-bond donors (Lipinski definition) is 2. The number of nitrogens with one attached hydrogen (secondary N) is 1. The SMILES string of the molecule is C=CC(=O)NC1CCOCC1Cc1cc2sc(C(O)c3c(F)c(OC)cc(OC)c3F)nc2cn1. The fraction of sp³-hybridized carbons (Fsp3) is 0.375. The molecule has 0 bridgehead atoms. The summed E-state index contributed by atoms with van der Waals surface area (Å²) in [6.07, 6.45) is 2.35. The maximum absolute atomic E-state index is 14.9. The molecule has 3 atom stereocenters. The Morgan fingerprint density at radius 3 is 2.71 bits per heavy atom. The molecule has 1 aromatic carbocycles. The summed E-state index contributed by atoms with van der Waals surface area (Å²) in [6, 6.07) is 2.83. The summed E-state index contributed by atoms with van der Waals surface area (Å²) in [5.41, 5.74) is 0.629. The molecule has 3 unspecified atom stereocenters. The number of hydrogen-bond acceptors (Lipinski definition) is 8. The van der Waals surface area contributed by atoms with Crippen molar-refractivity contribution in [1.29, 1.82) is 0 Å². The highest BCUT2D eigenvalue weighted by atomic mass is 32.1. The minimum absolute atomic E-state index is 0.0167. The maximum Gasteiger partial charge on any atom is 0.243 e. The number of carbonyl (C=O) groups excluding carboxylic acids is 1. The van der Waals surface area contributed by atoms with Crippen LogP contribution in [-0.4, -0.2) is 54.5 Å². The van der Waals surface area contributed by atoms with E-state index in [0.717, 1.165) is 23.1 Å². The number of aliphatic hydroxyl groups is 1. The summed E-state index contributed by atoms with van der Waals surface area (Å²) in [5, 5.41) is 13.9. The van der Waals surface area contributed by atoms with Crippen LogP contribution in [0.1, 0.15) is 28.8 Å². The number of methoxy groups -OCH3 is 2. The quantitative estimate of drug-likeness (QED) is 0.453. The highest BCUT2D eigenvalue weighted by Crippen LogP contribution is 2.39. The van der Waals surface area contributed by atoms with Gasteiger partial charge >= 0.3 is 0 Å². The number of amides is 1. The third kappa shape index (κ3) is 5.12. The lowest BCUT2D eigenvalue weighted by molar-refractivity contribution is -0.118. The van der Waals surface area contributed by atoms with Gasteiger partial charge in [-0.25, -0.2) is 13.8 Å². The number of nitrogens with zero attached hydrogens (tertiary/aromatic N) is 2. The third-order valence-corrected chi connectivity index (χ3v) is 6.99. The molecule has 1 aliphatic rings. The number of aromatic nitrogens is 2. The van der Waals surface area contributed by atoms with E-state index in [0.29, 0.717) is 36.3 Å². The van der Waals surface area contributed by atoms with Gasteiger partial charge in [-0.15, -0.1) is 11.3 Å². The Labute approximate surface area is 204 Å². The standard InChI is InChI=1S/C24H25F2N3O5S/c1-4-19(30)28-14-5-6-34-11-12(14)7-13-8-18-15(10-27-13)29-24(35-18)23(31)20-21(25)16(32-2)9-17(33-3)22(20)26/h4,8-10,12,14,23,31H,1,5-7,11H2,2-3H3,(H,28,30). The van der Waals surface area contributed by atoms with Crippen LogP contribution in [0, 0.1) is 17.6 Å². The van der Waals surface area contributed by atoms with Gasteiger partial charge in [-0.2, -0.15) is 0 Å². The maximum atomic E-state index is 14.9. The molecule has 2 aromatic heterocycles. The topological polar surface area (TPSA) is 103 Å². The molecule has 0 aliphatic carbocycles. The largest absolute Gasteiger partial charge is 0.494 e. The first-order valence-electron chi connectivity index (χ1n) is 10.9. The second kappa shape index (κ2) is 10.6. The van der Waals surface area contributed by atoms with Gasteiger partial charge in [-0.3, -0.25) is 9.78 Å². The van der Waals surface area contributed by atoms with Gasteiger partial charge in [-0.05, 0) is 25.0 Å². The molecule has 8 nitrogen and oxygen atoms in total. The molecule has 3 aromatic rings. The zero-order valence-corrected chi connectivity index (χ0v) is 20.0. The highest BCUT2D eigenvalue weighted by molar-refractivity contribution is 7.18. The fourth-order valence-electron chi connectivity index (χ4n) is 4.09. The zero-order chi connectivity index (χ0) is 25.1. The molecule has 3 heterocycles. The highest BCUT2D eigenvalue weighted by Gasteiger charge is 2.30. The summed E-state index contributed by atoms with van der Waals surface area (Å²) < 4.78 is 45.9. The lowest BCUT2D eigenvalue weighted by Crippen LogP contribution is -2.45. The third-order valence-electron chi connectivity index (χ3n) is 5.92. The second-order valence-corrected chi connectivity index (χ2v) is 9.13. The molecule has 186 valence electrons. The number of pyridine rings is 1. The molecule has 4 rings (SSSR count). The molecule has 1 fully saturated rings. The molecule has 2 N–H and O–H groups in total. The number of benzene rings is 1. The van der Waals surface area contributed by atoms with Crippen LogP contribution in [0.3, 0.4) is 0 Å². The van der Waals surface area contributed by atoms with Crippen molar-refractivity contribution in [3.8, 4) is 11.5 Å². The first-order chi connectivity index (χ1) is 16.9. The van der Waals surface area contributed by atoms with Crippen LogP contribution in [0.5, 0.6) is 11.5 Å². The van der Waals surface area contributed by atoms with Gasteiger partial charge in [0.15, 0.2) is 23.1 Å². The fourth-order valence-corrected chi connectivity index (χ4v) is 5.08. The normalized spacial score (nSPS) is 18.8. The molecule has 0 radical (unpaired) electrons. The van der Waals surface area contributed by atoms with Gasteiger partial charge in [-0.1, -0.05) is 6.58 Å². The Morgan fingerprint density at radius 2 is 2.06 bits per heavy atom. The first-order valence-corrected chi connectivity index (χ1v) is 11.7. The summed E-state index contributed by atoms with van der Waals surface area (Å²) >= 11 is 1.11. The number of aliphatic hydroxyl groups excluding tert-OH is 1. The van der Waals surface area contributed by atoms with E-state index in [2.05, 4.69) is 21.9 Å².